The molecule has 1 saturated heterocycles. The fourth-order valence-corrected chi connectivity index (χ4v) is 7.06. The Hall–Kier alpha value is -4.60. The number of amides is 1. The Morgan fingerprint density at radius 3 is 2.55 bits per heavy atom. The summed E-state index contributed by atoms with van der Waals surface area (Å²) in [5, 5.41) is 5.80. The van der Waals surface area contributed by atoms with Gasteiger partial charge in [0.15, 0.2) is 5.65 Å². The Morgan fingerprint density at radius 1 is 1.11 bits per heavy atom. The predicted molar refractivity (Wildman–Crippen MR) is 173 cm³/mol. The van der Waals surface area contributed by atoms with Gasteiger partial charge in [-0.15, -0.1) is 0 Å². The Labute approximate surface area is 270 Å². The molecule has 2 aliphatic rings. The molecule has 0 aliphatic carbocycles. The Bertz CT molecular complexity index is 2100. The summed E-state index contributed by atoms with van der Waals surface area (Å²) in [6.45, 7) is 9.67. The maximum atomic E-state index is 16.3. The summed E-state index contributed by atoms with van der Waals surface area (Å²) in [5.41, 5.74) is 0.178. The van der Waals surface area contributed by atoms with E-state index >= 15 is 8.78 Å². The molecule has 12 nitrogen and oxygen atoms in total. The van der Waals surface area contributed by atoms with Gasteiger partial charge in [-0.05, 0) is 54.7 Å². The normalized spacial score (nSPS) is 17.3. The minimum Gasteiger partial charge on any atom is -0.350 e. The molecule has 6 rings (SSSR count). The van der Waals surface area contributed by atoms with Crippen LogP contribution in [0.4, 0.5) is 14.6 Å². The number of hydrogen-bond acceptors (Lipinski definition) is 8. The van der Waals surface area contributed by atoms with Crippen LogP contribution >= 0.6 is 0 Å². The fourth-order valence-electron chi connectivity index (χ4n) is 6.39. The van der Waals surface area contributed by atoms with Gasteiger partial charge in [0.05, 0.1) is 16.8 Å². The third-order valence-corrected chi connectivity index (χ3v) is 9.70. The molecule has 1 amide bonds. The van der Waals surface area contributed by atoms with E-state index in [-0.39, 0.29) is 65.4 Å². The summed E-state index contributed by atoms with van der Waals surface area (Å²) in [6.07, 6.45) is 2.92. The number of piperazine rings is 1. The molecule has 47 heavy (non-hydrogen) atoms. The van der Waals surface area contributed by atoms with E-state index in [0.29, 0.717) is 36.6 Å². The van der Waals surface area contributed by atoms with Crippen molar-refractivity contribution in [2.75, 3.05) is 31.1 Å². The molecule has 0 unspecified atom stereocenters. The van der Waals surface area contributed by atoms with E-state index in [4.69, 9.17) is 5.14 Å². The maximum absolute atomic E-state index is 16.3. The standard InChI is InChI=1S/C32H34F2N8O4S/c1-5-25(43)39-13-14-41(19(4)16-39)30-22-15-24(34)28-26-21(7-6-8-23(26)33)17-40(47(35,45)46)12-10-20-9-11-36-27(18(2)3)29(20)42(31(22)37-28)32(44)38-30/h5-9,11,15,18-19H,1,10,12-14,16-17H2,2-4H3,(H2,35,45,46)/t19-/m0/s1. The van der Waals surface area contributed by atoms with Crippen LogP contribution in [0.1, 0.15) is 43.5 Å². The van der Waals surface area contributed by atoms with Crippen molar-refractivity contribution in [3.63, 3.8) is 0 Å². The van der Waals surface area contributed by atoms with Crippen LogP contribution in [0, 0.1) is 11.6 Å². The highest BCUT2D eigenvalue weighted by molar-refractivity contribution is 7.86. The van der Waals surface area contributed by atoms with Gasteiger partial charge in [-0.25, -0.2) is 28.3 Å². The smallest absolute Gasteiger partial charge is 0.350 e. The SMILES string of the molecule is C=CC(=O)N1CCN(c2nc(=O)n3c4nc(c(F)cc24)-c2c(F)cccc2CN(S(N)(=O)=O)CCc2ccnc(C(C)C)c2-3)[C@@H](C)C1. The van der Waals surface area contributed by atoms with Crippen molar-refractivity contribution in [3.05, 3.63) is 88.1 Å². The van der Waals surface area contributed by atoms with Crippen LogP contribution in [-0.2, 0) is 28.0 Å². The van der Waals surface area contributed by atoms with E-state index < -0.39 is 33.2 Å². The molecule has 1 atom stereocenters. The molecule has 4 aromatic rings. The molecule has 2 bridgehead atoms. The van der Waals surface area contributed by atoms with E-state index in [2.05, 4.69) is 21.5 Å². The monoisotopic (exact) mass is 664 g/mol. The van der Waals surface area contributed by atoms with Crippen molar-refractivity contribution >= 4 is 33.0 Å². The summed E-state index contributed by atoms with van der Waals surface area (Å²) < 4.78 is 59.7. The largest absolute Gasteiger partial charge is 0.355 e. The minimum absolute atomic E-state index is 0.0300. The van der Waals surface area contributed by atoms with Crippen molar-refractivity contribution in [2.24, 2.45) is 5.14 Å². The number of carbonyl (C=O) groups excluding carboxylic acids is 1. The highest BCUT2D eigenvalue weighted by Crippen LogP contribution is 2.36. The van der Waals surface area contributed by atoms with Crippen LogP contribution in [0.25, 0.3) is 28.0 Å². The quantitative estimate of drug-likeness (QED) is 0.328. The van der Waals surface area contributed by atoms with Crippen molar-refractivity contribution in [1.82, 2.24) is 28.7 Å². The first kappa shape index (κ1) is 32.3. The van der Waals surface area contributed by atoms with Gasteiger partial charge in [-0.2, -0.15) is 17.7 Å². The van der Waals surface area contributed by atoms with Crippen molar-refractivity contribution in [1.29, 1.82) is 0 Å². The van der Waals surface area contributed by atoms with Gasteiger partial charge >= 0.3 is 5.69 Å². The zero-order chi connectivity index (χ0) is 33.8. The van der Waals surface area contributed by atoms with Crippen LogP contribution in [0.2, 0.25) is 0 Å². The first-order valence-electron chi connectivity index (χ1n) is 15.1. The summed E-state index contributed by atoms with van der Waals surface area (Å²) >= 11 is 0. The Kier molecular flexibility index (Phi) is 8.40. The number of pyridine rings is 2. The number of fused-ring (bicyclic) bond motifs is 5. The van der Waals surface area contributed by atoms with Crippen molar-refractivity contribution < 1.29 is 22.0 Å². The number of rotatable bonds is 4. The second-order valence-electron chi connectivity index (χ2n) is 12.0. The number of carbonyl (C=O) groups is 1. The molecule has 3 aromatic heterocycles. The number of aromatic nitrogens is 4. The Balaban J connectivity index is 1.70. The number of anilines is 1. The maximum Gasteiger partial charge on any atom is 0.355 e. The highest BCUT2D eigenvalue weighted by Gasteiger charge is 2.32. The Morgan fingerprint density at radius 2 is 1.87 bits per heavy atom. The van der Waals surface area contributed by atoms with Crippen LogP contribution in [0.15, 0.2) is 54.0 Å². The third-order valence-electron chi connectivity index (χ3n) is 8.67. The van der Waals surface area contributed by atoms with Crippen LogP contribution in [0.5, 0.6) is 0 Å². The van der Waals surface area contributed by atoms with Gasteiger partial charge in [-0.1, -0.05) is 32.6 Å². The zero-order valence-electron chi connectivity index (χ0n) is 26.2. The van der Waals surface area contributed by atoms with Gasteiger partial charge in [0.25, 0.3) is 10.2 Å². The van der Waals surface area contributed by atoms with Crippen molar-refractivity contribution in [3.8, 4) is 16.9 Å². The molecule has 0 radical (unpaired) electrons. The lowest BCUT2D eigenvalue weighted by Gasteiger charge is -2.40. The van der Waals surface area contributed by atoms with Gasteiger partial charge in [0.1, 0.15) is 23.1 Å². The highest BCUT2D eigenvalue weighted by atomic mass is 32.2. The molecule has 2 N–H and O–H groups in total. The minimum atomic E-state index is -4.30. The topological polar surface area (TPSA) is 148 Å². The second kappa shape index (κ2) is 12.2. The lowest BCUT2D eigenvalue weighted by Crippen LogP contribution is -2.54. The average Bonchev–Trinajstić information content (AvgIpc) is 3.01. The number of benzene rings is 1. The summed E-state index contributed by atoms with van der Waals surface area (Å²) in [6, 6.07) is 6.55. The van der Waals surface area contributed by atoms with Crippen molar-refractivity contribution in [2.45, 2.75) is 45.7 Å². The number of halogens is 2. The predicted octanol–water partition coefficient (Wildman–Crippen LogP) is 3.03. The molecule has 5 heterocycles. The number of hydrogen-bond donors (Lipinski definition) is 1. The molecule has 1 fully saturated rings. The van der Waals surface area contributed by atoms with Gasteiger partial charge in [-0.3, -0.25) is 9.78 Å². The fraction of sp³-hybridized carbons (Fsp3) is 0.344. The van der Waals surface area contributed by atoms with Crippen LogP contribution in [0.3, 0.4) is 0 Å². The molecule has 1 aromatic carbocycles. The van der Waals surface area contributed by atoms with Gasteiger partial charge in [0.2, 0.25) is 5.91 Å². The molecule has 2 aliphatic heterocycles. The van der Waals surface area contributed by atoms with Gasteiger partial charge < -0.3 is 9.80 Å². The number of nitrogens with zero attached hydrogens (tertiary/aromatic N) is 7. The lowest BCUT2D eigenvalue weighted by molar-refractivity contribution is -0.126. The number of nitrogens with two attached hydrogens (primary N) is 1. The van der Waals surface area contributed by atoms with E-state index in [1.807, 2.05) is 25.7 Å². The third kappa shape index (κ3) is 5.79. The average molecular weight is 665 g/mol. The summed E-state index contributed by atoms with van der Waals surface area (Å²) in [4.78, 5) is 43.7. The molecule has 15 heteroatoms. The van der Waals surface area contributed by atoms with E-state index in [9.17, 15) is 18.0 Å². The molecule has 246 valence electrons. The zero-order valence-corrected chi connectivity index (χ0v) is 27.0. The van der Waals surface area contributed by atoms with E-state index in [0.717, 1.165) is 10.4 Å². The summed E-state index contributed by atoms with van der Waals surface area (Å²) in [5.74, 6) is -1.99. The lowest BCUT2D eigenvalue weighted by atomic mass is 10.00. The summed E-state index contributed by atoms with van der Waals surface area (Å²) in [7, 11) is -4.30. The molecule has 0 spiro atoms. The second-order valence-corrected chi connectivity index (χ2v) is 13.6. The van der Waals surface area contributed by atoms with Crippen LogP contribution < -0.4 is 15.7 Å². The molecular formula is C32H34F2N8O4S. The first-order chi connectivity index (χ1) is 22.3. The molecule has 0 saturated carbocycles. The van der Waals surface area contributed by atoms with Crippen LogP contribution in [-0.4, -0.2) is 75.3 Å². The first-order valence-corrected chi connectivity index (χ1v) is 16.7. The van der Waals surface area contributed by atoms with E-state index in [1.165, 1.54) is 28.8 Å². The van der Waals surface area contributed by atoms with Gasteiger partial charge in [0, 0.05) is 50.5 Å². The van der Waals surface area contributed by atoms with E-state index in [1.54, 1.807) is 17.2 Å². The molecular weight excluding hydrogens is 630 g/mol.